The Morgan fingerprint density at radius 2 is 1.67 bits per heavy atom. The minimum Gasteiger partial charge on any atom is -0.488 e. The van der Waals surface area contributed by atoms with E-state index in [1.54, 1.807) is 18.2 Å². The number of ether oxygens (including phenoxy) is 1. The molecule has 0 bridgehead atoms. The van der Waals surface area contributed by atoms with E-state index in [9.17, 15) is 14.0 Å². The molecule has 0 heterocycles. The molecule has 0 spiro atoms. The van der Waals surface area contributed by atoms with E-state index in [1.807, 2.05) is 30.3 Å². The van der Waals surface area contributed by atoms with Crippen LogP contribution in [0.15, 0.2) is 82.4 Å². The summed E-state index contributed by atoms with van der Waals surface area (Å²) < 4.78 is 19.7. The molecular formula is C22H17BrFN3O3. The summed E-state index contributed by atoms with van der Waals surface area (Å²) in [6.07, 6.45) is 1.39. The number of amides is 2. The fourth-order valence-corrected chi connectivity index (χ4v) is 2.66. The molecule has 3 rings (SSSR count). The number of hydrazone groups is 1. The average Bonchev–Trinajstić information content (AvgIpc) is 2.75. The SMILES string of the molecule is O=C(N/N=C\c1ccccc1OCc1ccc(Br)cc1)C(=O)Nc1ccc(F)cc1. The maximum Gasteiger partial charge on any atom is 0.329 e. The Bertz CT molecular complexity index is 1050. The number of carbonyl (C=O) groups is 2. The smallest absolute Gasteiger partial charge is 0.329 e. The quantitative estimate of drug-likeness (QED) is 0.321. The Morgan fingerprint density at radius 3 is 2.40 bits per heavy atom. The molecule has 152 valence electrons. The molecule has 2 N–H and O–H groups in total. The fraction of sp³-hybridized carbons (Fsp3) is 0.0455. The highest BCUT2D eigenvalue weighted by molar-refractivity contribution is 9.10. The number of hydrogen-bond donors (Lipinski definition) is 2. The van der Waals surface area contributed by atoms with Gasteiger partial charge in [0, 0.05) is 15.7 Å². The fourth-order valence-electron chi connectivity index (χ4n) is 2.39. The summed E-state index contributed by atoms with van der Waals surface area (Å²) in [6.45, 7) is 0.366. The molecule has 0 saturated carbocycles. The normalized spacial score (nSPS) is 10.6. The van der Waals surface area contributed by atoms with Crippen LogP contribution in [0.1, 0.15) is 11.1 Å². The first kappa shape index (κ1) is 21.2. The third-order valence-corrected chi connectivity index (χ3v) is 4.43. The predicted molar refractivity (Wildman–Crippen MR) is 116 cm³/mol. The van der Waals surface area contributed by atoms with Crippen molar-refractivity contribution < 1.29 is 18.7 Å². The zero-order chi connectivity index (χ0) is 21.3. The van der Waals surface area contributed by atoms with E-state index in [0.29, 0.717) is 23.6 Å². The predicted octanol–water partition coefficient (Wildman–Crippen LogP) is 4.26. The van der Waals surface area contributed by atoms with Crippen LogP contribution in [0.2, 0.25) is 0 Å². The second-order valence-electron chi connectivity index (χ2n) is 6.11. The third kappa shape index (κ3) is 6.25. The number of hydrogen-bond acceptors (Lipinski definition) is 4. The summed E-state index contributed by atoms with van der Waals surface area (Å²) in [7, 11) is 0. The lowest BCUT2D eigenvalue weighted by molar-refractivity contribution is -0.136. The highest BCUT2D eigenvalue weighted by atomic mass is 79.9. The van der Waals surface area contributed by atoms with Gasteiger partial charge in [-0.05, 0) is 54.1 Å². The lowest BCUT2D eigenvalue weighted by atomic mass is 10.2. The summed E-state index contributed by atoms with van der Waals surface area (Å²) in [4.78, 5) is 23.8. The van der Waals surface area contributed by atoms with Gasteiger partial charge in [0.2, 0.25) is 0 Å². The summed E-state index contributed by atoms with van der Waals surface area (Å²) >= 11 is 3.39. The number of para-hydroxylation sites is 1. The van der Waals surface area contributed by atoms with Crippen LogP contribution >= 0.6 is 15.9 Å². The molecule has 0 unspecified atom stereocenters. The minimum absolute atomic E-state index is 0.298. The number of nitrogens with zero attached hydrogens (tertiary/aromatic N) is 1. The van der Waals surface area contributed by atoms with E-state index in [4.69, 9.17) is 4.74 Å². The van der Waals surface area contributed by atoms with Crippen LogP contribution in [0.4, 0.5) is 10.1 Å². The zero-order valence-electron chi connectivity index (χ0n) is 15.6. The van der Waals surface area contributed by atoms with Gasteiger partial charge >= 0.3 is 11.8 Å². The van der Waals surface area contributed by atoms with Crippen LogP contribution in [0.3, 0.4) is 0 Å². The van der Waals surface area contributed by atoms with Gasteiger partial charge in [0.1, 0.15) is 18.2 Å². The third-order valence-electron chi connectivity index (χ3n) is 3.90. The van der Waals surface area contributed by atoms with Gasteiger partial charge < -0.3 is 10.1 Å². The molecule has 8 heteroatoms. The summed E-state index contributed by atoms with van der Waals surface area (Å²) in [5.74, 6) is -1.74. The van der Waals surface area contributed by atoms with Gasteiger partial charge in [-0.2, -0.15) is 5.10 Å². The van der Waals surface area contributed by atoms with Gasteiger partial charge in [0.05, 0.1) is 6.21 Å². The Kier molecular flexibility index (Phi) is 7.29. The molecule has 0 saturated heterocycles. The van der Waals surface area contributed by atoms with Crippen molar-refractivity contribution in [2.45, 2.75) is 6.61 Å². The van der Waals surface area contributed by atoms with Crippen molar-refractivity contribution in [2.24, 2.45) is 5.10 Å². The van der Waals surface area contributed by atoms with E-state index in [1.165, 1.54) is 30.5 Å². The number of benzene rings is 3. The second kappa shape index (κ2) is 10.3. The highest BCUT2D eigenvalue weighted by Gasteiger charge is 2.13. The number of nitrogens with one attached hydrogen (secondary N) is 2. The first-order valence-electron chi connectivity index (χ1n) is 8.87. The van der Waals surface area contributed by atoms with Gasteiger partial charge in [-0.15, -0.1) is 0 Å². The Hall–Kier alpha value is -3.52. The van der Waals surface area contributed by atoms with Crippen molar-refractivity contribution in [2.75, 3.05) is 5.32 Å². The first-order valence-corrected chi connectivity index (χ1v) is 9.67. The van der Waals surface area contributed by atoms with E-state index >= 15 is 0 Å². The summed E-state index contributed by atoms with van der Waals surface area (Å²) in [5.41, 5.74) is 4.08. The molecule has 0 aliphatic rings. The van der Waals surface area contributed by atoms with Crippen molar-refractivity contribution in [1.82, 2.24) is 5.43 Å². The number of halogens is 2. The molecule has 0 fully saturated rings. The van der Waals surface area contributed by atoms with Gasteiger partial charge in [-0.25, -0.2) is 9.82 Å². The van der Waals surface area contributed by atoms with Crippen molar-refractivity contribution in [3.8, 4) is 5.75 Å². The van der Waals surface area contributed by atoms with E-state index in [0.717, 1.165) is 10.0 Å². The van der Waals surface area contributed by atoms with Crippen LogP contribution in [0.25, 0.3) is 0 Å². The Labute approximate surface area is 180 Å². The van der Waals surface area contributed by atoms with Gasteiger partial charge in [-0.1, -0.05) is 40.2 Å². The molecule has 0 aromatic heterocycles. The molecule has 2 amide bonds. The molecule has 0 atom stereocenters. The summed E-state index contributed by atoms with van der Waals surface area (Å²) in [5, 5.41) is 6.17. The monoisotopic (exact) mass is 469 g/mol. The van der Waals surface area contributed by atoms with Crippen LogP contribution in [-0.4, -0.2) is 18.0 Å². The van der Waals surface area contributed by atoms with E-state index in [2.05, 4.69) is 31.8 Å². The van der Waals surface area contributed by atoms with Gasteiger partial charge in [0.15, 0.2) is 0 Å². The van der Waals surface area contributed by atoms with Gasteiger partial charge in [-0.3, -0.25) is 9.59 Å². The van der Waals surface area contributed by atoms with Crippen molar-refractivity contribution >= 4 is 39.6 Å². The standard InChI is InChI=1S/C22H17BrFN3O3/c23-17-7-5-15(6-8-17)14-30-20-4-2-1-3-16(20)13-25-27-22(29)21(28)26-19-11-9-18(24)10-12-19/h1-13H,14H2,(H,26,28)(H,27,29)/b25-13-. The van der Waals surface area contributed by atoms with E-state index in [-0.39, 0.29) is 0 Å². The largest absolute Gasteiger partial charge is 0.488 e. The van der Waals surface area contributed by atoms with Gasteiger partial charge in [0.25, 0.3) is 0 Å². The molecule has 3 aromatic carbocycles. The molecule has 0 aliphatic carbocycles. The van der Waals surface area contributed by atoms with Crippen molar-refractivity contribution in [3.63, 3.8) is 0 Å². The van der Waals surface area contributed by atoms with E-state index < -0.39 is 17.6 Å². The Balaban J connectivity index is 1.56. The number of carbonyl (C=O) groups excluding carboxylic acids is 2. The molecule has 0 aliphatic heterocycles. The minimum atomic E-state index is -0.955. The molecular weight excluding hydrogens is 453 g/mol. The van der Waals surface area contributed by atoms with Crippen LogP contribution in [0, 0.1) is 5.82 Å². The Morgan fingerprint density at radius 1 is 0.967 bits per heavy atom. The van der Waals surface area contributed by atoms with Crippen molar-refractivity contribution in [1.29, 1.82) is 0 Å². The number of anilines is 1. The zero-order valence-corrected chi connectivity index (χ0v) is 17.2. The van der Waals surface area contributed by atoms with Crippen LogP contribution < -0.4 is 15.5 Å². The molecule has 3 aromatic rings. The average molecular weight is 470 g/mol. The molecule has 0 radical (unpaired) electrons. The maximum atomic E-state index is 12.9. The lowest BCUT2D eigenvalue weighted by Crippen LogP contribution is -2.32. The van der Waals surface area contributed by atoms with Crippen molar-refractivity contribution in [3.05, 3.63) is 94.2 Å². The number of rotatable bonds is 6. The second-order valence-corrected chi connectivity index (χ2v) is 7.03. The van der Waals surface area contributed by atoms with Crippen LogP contribution in [-0.2, 0) is 16.2 Å². The molecule has 30 heavy (non-hydrogen) atoms. The lowest BCUT2D eigenvalue weighted by Gasteiger charge is -2.09. The van der Waals surface area contributed by atoms with Crippen LogP contribution in [0.5, 0.6) is 5.75 Å². The molecule has 6 nitrogen and oxygen atoms in total. The maximum absolute atomic E-state index is 12.9. The first-order chi connectivity index (χ1) is 14.5. The highest BCUT2D eigenvalue weighted by Crippen LogP contribution is 2.18. The summed E-state index contributed by atoms with van der Waals surface area (Å²) in [6, 6.07) is 20.0. The topological polar surface area (TPSA) is 79.8 Å².